The van der Waals surface area contributed by atoms with Crippen molar-refractivity contribution in [2.24, 2.45) is 0 Å². The van der Waals surface area contributed by atoms with Crippen molar-refractivity contribution in [3.63, 3.8) is 0 Å². The molecule has 0 amide bonds. The molecule has 3 heteroatoms. The van der Waals surface area contributed by atoms with Crippen LogP contribution >= 0.6 is 0 Å². The van der Waals surface area contributed by atoms with E-state index in [1.54, 1.807) is 0 Å². The second kappa shape index (κ2) is 7.11. The van der Waals surface area contributed by atoms with Crippen molar-refractivity contribution in [3.8, 4) is 5.75 Å². The van der Waals surface area contributed by atoms with E-state index in [0.29, 0.717) is 12.5 Å². The van der Waals surface area contributed by atoms with Gasteiger partial charge in [0.1, 0.15) is 18.2 Å². The molecule has 0 aliphatic rings. The largest absolute Gasteiger partial charge is 0.489 e. The third kappa shape index (κ3) is 4.22. The van der Waals surface area contributed by atoms with Crippen molar-refractivity contribution in [3.05, 3.63) is 53.2 Å². The predicted molar refractivity (Wildman–Crippen MR) is 88.0 cm³/mol. The van der Waals surface area contributed by atoms with Gasteiger partial charge in [0.05, 0.1) is 0 Å². The molecule has 0 aliphatic carbocycles. The van der Waals surface area contributed by atoms with Gasteiger partial charge in [0.25, 0.3) is 0 Å². The van der Waals surface area contributed by atoms with E-state index >= 15 is 0 Å². The molecular formula is C18H24N2O. The maximum absolute atomic E-state index is 5.85. The molecule has 112 valence electrons. The number of nitrogens with zero attached hydrogens (tertiary/aromatic N) is 1. The fourth-order valence-electron chi connectivity index (χ4n) is 2.35. The Morgan fingerprint density at radius 1 is 1.19 bits per heavy atom. The van der Waals surface area contributed by atoms with Gasteiger partial charge in [-0.05, 0) is 49.1 Å². The Hall–Kier alpha value is -2.03. The number of pyridine rings is 1. The molecule has 3 nitrogen and oxygen atoms in total. The van der Waals surface area contributed by atoms with Crippen molar-refractivity contribution < 1.29 is 4.74 Å². The average molecular weight is 284 g/mol. The van der Waals surface area contributed by atoms with Crippen LogP contribution in [-0.4, -0.2) is 11.5 Å². The highest BCUT2D eigenvalue weighted by Crippen LogP contribution is 2.24. The van der Waals surface area contributed by atoms with Crippen LogP contribution in [0.3, 0.4) is 0 Å². The molecule has 2 aromatic rings. The van der Waals surface area contributed by atoms with Crippen molar-refractivity contribution in [1.82, 2.24) is 4.98 Å². The monoisotopic (exact) mass is 284 g/mol. The van der Waals surface area contributed by atoms with E-state index < -0.39 is 0 Å². The first-order chi connectivity index (χ1) is 10.1. The Labute approximate surface area is 127 Å². The Bertz CT molecular complexity index is 576. The summed E-state index contributed by atoms with van der Waals surface area (Å²) in [7, 11) is 0. The maximum atomic E-state index is 5.85. The Balaban J connectivity index is 1.98. The summed E-state index contributed by atoms with van der Waals surface area (Å²) in [5.74, 6) is 2.35. The van der Waals surface area contributed by atoms with Gasteiger partial charge in [0, 0.05) is 18.3 Å². The van der Waals surface area contributed by atoms with E-state index in [1.165, 1.54) is 11.1 Å². The number of benzene rings is 1. The molecule has 0 bridgehead atoms. The third-order valence-corrected chi connectivity index (χ3v) is 3.45. The average Bonchev–Trinajstić information content (AvgIpc) is 2.46. The molecule has 0 atom stereocenters. The summed E-state index contributed by atoms with van der Waals surface area (Å²) in [5.41, 5.74) is 3.73. The van der Waals surface area contributed by atoms with Crippen LogP contribution in [-0.2, 0) is 6.61 Å². The first kappa shape index (κ1) is 15.4. The zero-order chi connectivity index (χ0) is 15.2. The minimum Gasteiger partial charge on any atom is -0.489 e. The summed E-state index contributed by atoms with van der Waals surface area (Å²) in [4.78, 5) is 4.34. The highest BCUT2D eigenvalue weighted by molar-refractivity contribution is 5.37. The number of aromatic nitrogens is 1. The molecule has 0 saturated carbocycles. The summed E-state index contributed by atoms with van der Waals surface area (Å²) in [6.07, 6.45) is 1.85. The number of rotatable bonds is 6. The SMILES string of the molecule is CCNc1ccc(COc2ccc(C(C)C)c(C)c2)cn1. The molecule has 0 saturated heterocycles. The molecule has 1 aromatic heterocycles. The first-order valence-electron chi connectivity index (χ1n) is 7.52. The lowest BCUT2D eigenvalue weighted by molar-refractivity contribution is 0.305. The predicted octanol–water partition coefficient (Wildman–Crippen LogP) is 4.52. The topological polar surface area (TPSA) is 34.1 Å². The Kier molecular flexibility index (Phi) is 5.20. The summed E-state index contributed by atoms with van der Waals surface area (Å²) >= 11 is 0. The normalized spacial score (nSPS) is 10.7. The summed E-state index contributed by atoms with van der Waals surface area (Å²) in [6.45, 7) is 10.0. The van der Waals surface area contributed by atoms with E-state index in [4.69, 9.17) is 4.74 Å². The summed E-state index contributed by atoms with van der Waals surface area (Å²) in [5, 5.41) is 3.18. The molecule has 1 heterocycles. The molecule has 0 unspecified atom stereocenters. The smallest absolute Gasteiger partial charge is 0.125 e. The molecule has 0 aliphatic heterocycles. The van der Waals surface area contributed by atoms with Crippen LogP contribution in [0.4, 0.5) is 5.82 Å². The number of nitrogens with one attached hydrogen (secondary N) is 1. The van der Waals surface area contributed by atoms with Crippen LogP contribution in [0.2, 0.25) is 0 Å². The van der Waals surface area contributed by atoms with Crippen LogP contribution in [0, 0.1) is 6.92 Å². The Morgan fingerprint density at radius 2 is 2.00 bits per heavy atom. The lowest BCUT2D eigenvalue weighted by atomic mass is 9.98. The van der Waals surface area contributed by atoms with Crippen LogP contribution < -0.4 is 10.1 Å². The van der Waals surface area contributed by atoms with E-state index in [-0.39, 0.29) is 0 Å². The fraction of sp³-hybridized carbons (Fsp3) is 0.389. The highest BCUT2D eigenvalue weighted by atomic mass is 16.5. The first-order valence-corrected chi connectivity index (χ1v) is 7.52. The van der Waals surface area contributed by atoms with Gasteiger partial charge in [-0.3, -0.25) is 0 Å². The number of anilines is 1. The van der Waals surface area contributed by atoms with E-state index in [9.17, 15) is 0 Å². The fourth-order valence-corrected chi connectivity index (χ4v) is 2.35. The van der Waals surface area contributed by atoms with E-state index in [1.807, 2.05) is 24.4 Å². The van der Waals surface area contributed by atoms with Crippen molar-refractivity contribution in [2.45, 2.75) is 40.2 Å². The van der Waals surface area contributed by atoms with Gasteiger partial charge in [-0.25, -0.2) is 4.98 Å². The second-order valence-electron chi connectivity index (χ2n) is 5.54. The summed E-state index contributed by atoms with van der Waals surface area (Å²) < 4.78 is 5.85. The summed E-state index contributed by atoms with van der Waals surface area (Å²) in [6, 6.07) is 10.3. The number of hydrogen-bond donors (Lipinski definition) is 1. The third-order valence-electron chi connectivity index (χ3n) is 3.45. The van der Waals surface area contributed by atoms with Crippen LogP contribution in [0.25, 0.3) is 0 Å². The molecular weight excluding hydrogens is 260 g/mol. The van der Waals surface area contributed by atoms with Gasteiger partial charge in [-0.15, -0.1) is 0 Å². The highest BCUT2D eigenvalue weighted by Gasteiger charge is 2.05. The number of hydrogen-bond acceptors (Lipinski definition) is 3. The second-order valence-corrected chi connectivity index (χ2v) is 5.54. The molecule has 0 spiro atoms. The van der Waals surface area contributed by atoms with Crippen molar-refractivity contribution in [2.75, 3.05) is 11.9 Å². The molecule has 1 aromatic carbocycles. The van der Waals surface area contributed by atoms with Gasteiger partial charge in [0.15, 0.2) is 0 Å². The van der Waals surface area contributed by atoms with Crippen molar-refractivity contribution >= 4 is 5.82 Å². The van der Waals surface area contributed by atoms with Gasteiger partial charge in [0.2, 0.25) is 0 Å². The van der Waals surface area contributed by atoms with Gasteiger partial charge in [-0.1, -0.05) is 26.0 Å². The standard InChI is InChI=1S/C18H24N2O/c1-5-19-18-9-6-15(11-20-18)12-21-16-7-8-17(13(2)3)14(4)10-16/h6-11,13H,5,12H2,1-4H3,(H,19,20). The quantitative estimate of drug-likeness (QED) is 0.846. The van der Waals surface area contributed by atoms with Gasteiger partial charge < -0.3 is 10.1 Å². The molecule has 21 heavy (non-hydrogen) atoms. The zero-order valence-electron chi connectivity index (χ0n) is 13.3. The van der Waals surface area contributed by atoms with E-state index in [0.717, 1.165) is 23.7 Å². The molecule has 0 fully saturated rings. The molecule has 1 N–H and O–H groups in total. The number of ether oxygens (including phenoxy) is 1. The molecule has 0 radical (unpaired) electrons. The lowest BCUT2D eigenvalue weighted by Crippen LogP contribution is -2.01. The minimum atomic E-state index is 0.542. The van der Waals surface area contributed by atoms with Crippen molar-refractivity contribution in [1.29, 1.82) is 0 Å². The van der Waals surface area contributed by atoms with Gasteiger partial charge in [-0.2, -0.15) is 0 Å². The van der Waals surface area contributed by atoms with Crippen LogP contribution in [0.15, 0.2) is 36.5 Å². The van der Waals surface area contributed by atoms with Crippen LogP contribution in [0.5, 0.6) is 5.75 Å². The lowest BCUT2D eigenvalue weighted by Gasteiger charge is -2.12. The zero-order valence-corrected chi connectivity index (χ0v) is 13.3. The van der Waals surface area contributed by atoms with Crippen LogP contribution in [0.1, 0.15) is 43.4 Å². The maximum Gasteiger partial charge on any atom is 0.125 e. The van der Waals surface area contributed by atoms with E-state index in [2.05, 4.69) is 50.1 Å². The minimum absolute atomic E-state index is 0.542. The van der Waals surface area contributed by atoms with Gasteiger partial charge >= 0.3 is 0 Å². The molecule has 2 rings (SSSR count). The number of aryl methyl sites for hydroxylation is 1. The Morgan fingerprint density at radius 3 is 2.57 bits per heavy atom.